The number of para-hydroxylation sites is 4. The standard InChI is InChI=1S/C94H78N4/c1-3-17-67(18-4-1)69-33-39-73(40-34-69)95(75-21-15-23-77(53-75)97-87-29-11-7-25-79(87)80-26-8-12-30-88(80)97)91-83-43-37-72(94-58-64-48-65(59-94)50-66(49-64)60-94)52-86(83)92(84-44-38-71(51-85(84)91)93-55-61-45-62(56-93)47-63(46-61)57-93)96(74-41-35-70(36-42-74)68-19-5-2-6-20-68)76-22-16-24-78(54-76)98-89-31-13-9-27-81(89)82-28-10-14-32-90(82)98/h1-44,51-54,61-66H,45-50,55-60H2. The van der Waals surface area contributed by atoms with E-state index in [1.807, 2.05) is 0 Å². The Balaban J connectivity index is 0.880. The number of nitrogens with zero attached hydrogens (tertiary/aromatic N) is 4. The molecule has 15 aromatic rings. The zero-order valence-corrected chi connectivity index (χ0v) is 55.5. The summed E-state index contributed by atoms with van der Waals surface area (Å²) in [5.41, 5.74) is 22.3. The molecule has 4 heteroatoms. The van der Waals surface area contributed by atoms with Crippen LogP contribution in [0.5, 0.6) is 0 Å². The van der Waals surface area contributed by atoms with E-state index in [9.17, 15) is 0 Å². The highest BCUT2D eigenvalue weighted by Crippen LogP contribution is 2.64. The van der Waals surface area contributed by atoms with E-state index in [1.165, 1.54) is 187 Å². The summed E-state index contributed by atoms with van der Waals surface area (Å²) >= 11 is 0. The molecule has 13 aromatic carbocycles. The second kappa shape index (κ2) is 22.1. The molecular formula is C94H78N4. The average molecular weight is 1260 g/mol. The summed E-state index contributed by atoms with van der Waals surface area (Å²) in [7, 11) is 0. The van der Waals surface area contributed by atoms with Gasteiger partial charge in [-0.05, 0) is 254 Å². The van der Waals surface area contributed by atoms with Crippen LogP contribution in [0.2, 0.25) is 0 Å². The summed E-state index contributed by atoms with van der Waals surface area (Å²) in [6.07, 6.45) is 16.1. The van der Waals surface area contributed by atoms with Crippen LogP contribution in [-0.4, -0.2) is 9.13 Å². The van der Waals surface area contributed by atoms with Crippen molar-refractivity contribution < 1.29 is 0 Å². The Kier molecular flexibility index (Phi) is 12.8. The van der Waals surface area contributed by atoms with Crippen LogP contribution in [0.25, 0.3) is 98.8 Å². The molecule has 0 spiro atoms. The molecule has 4 nitrogen and oxygen atoms in total. The SMILES string of the molecule is c1ccc(-c2ccc(N(c3cccc(-n4c5ccccc5c5ccccc54)c3)c3c4ccc(C56CC7CC(CC(C7)C5)C6)cc4c(N(c4ccc(-c5ccccc5)cc4)c4cccc(-n5c6ccccc6c6ccccc65)c4)c4ccc(C56CC7CC(CC(C7)C5)C6)cc34)cc2)cc1. The van der Waals surface area contributed by atoms with Crippen LogP contribution in [0, 0.1) is 35.5 Å². The first-order valence-corrected chi connectivity index (χ1v) is 36.5. The van der Waals surface area contributed by atoms with E-state index < -0.39 is 0 Å². The van der Waals surface area contributed by atoms with Gasteiger partial charge in [-0.2, -0.15) is 0 Å². The second-order valence-electron chi connectivity index (χ2n) is 30.9. The maximum absolute atomic E-state index is 2.76. The van der Waals surface area contributed by atoms with Crippen molar-refractivity contribution in [1.82, 2.24) is 9.13 Å². The topological polar surface area (TPSA) is 16.3 Å². The van der Waals surface area contributed by atoms with Gasteiger partial charge in [0.2, 0.25) is 0 Å². The molecule has 2 aromatic heterocycles. The van der Waals surface area contributed by atoms with Crippen LogP contribution in [0.1, 0.15) is 88.2 Å². The summed E-state index contributed by atoms with van der Waals surface area (Å²) in [5.74, 6) is 4.78. The Morgan fingerprint density at radius 3 is 0.878 bits per heavy atom. The molecule has 0 atom stereocenters. The molecular weight excluding hydrogens is 1190 g/mol. The van der Waals surface area contributed by atoms with E-state index in [2.05, 4.69) is 310 Å². The number of fused-ring (bicyclic) bond motifs is 8. The lowest BCUT2D eigenvalue weighted by Crippen LogP contribution is -2.48. The molecule has 8 fully saturated rings. The average Bonchev–Trinajstić information content (AvgIpc) is 1.16. The van der Waals surface area contributed by atoms with Crippen LogP contribution < -0.4 is 9.80 Å². The number of hydrogen-bond acceptors (Lipinski definition) is 2. The van der Waals surface area contributed by atoms with Crippen LogP contribution in [0.3, 0.4) is 0 Å². The normalized spacial score (nSPS) is 22.9. The van der Waals surface area contributed by atoms with E-state index in [4.69, 9.17) is 0 Å². The third-order valence-electron chi connectivity index (χ3n) is 25.1. The van der Waals surface area contributed by atoms with Gasteiger partial charge in [0.25, 0.3) is 0 Å². The van der Waals surface area contributed by atoms with Gasteiger partial charge >= 0.3 is 0 Å². The van der Waals surface area contributed by atoms with Gasteiger partial charge in [0.15, 0.2) is 0 Å². The number of anilines is 6. The number of rotatable bonds is 12. The third kappa shape index (κ3) is 8.95. The van der Waals surface area contributed by atoms with Gasteiger partial charge in [-0.25, -0.2) is 0 Å². The maximum atomic E-state index is 2.76. The number of benzene rings is 13. The zero-order valence-electron chi connectivity index (χ0n) is 55.5. The first-order chi connectivity index (χ1) is 48.4. The lowest BCUT2D eigenvalue weighted by atomic mass is 9.48. The molecule has 474 valence electrons. The molecule has 0 radical (unpaired) electrons. The van der Waals surface area contributed by atoms with Crippen molar-refractivity contribution in [2.75, 3.05) is 9.80 Å². The highest BCUT2D eigenvalue weighted by Gasteiger charge is 2.53. The molecule has 8 aliphatic rings. The predicted octanol–water partition coefficient (Wildman–Crippen LogP) is 25.4. The van der Waals surface area contributed by atoms with Crippen LogP contribution in [0.4, 0.5) is 34.1 Å². The van der Waals surface area contributed by atoms with Crippen LogP contribution >= 0.6 is 0 Å². The molecule has 8 aliphatic carbocycles. The smallest absolute Gasteiger partial charge is 0.0620 e. The Labute approximate surface area is 574 Å². The van der Waals surface area contributed by atoms with Gasteiger partial charge in [-0.15, -0.1) is 0 Å². The fraction of sp³-hybridized carbons (Fsp3) is 0.213. The van der Waals surface area contributed by atoms with Crippen molar-refractivity contribution in [3.63, 3.8) is 0 Å². The van der Waals surface area contributed by atoms with Gasteiger partial charge < -0.3 is 18.9 Å². The first-order valence-electron chi connectivity index (χ1n) is 36.5. The quantitative estimate of drug-likeness (QED) is 0.0895. The van der Waals surface area contributed by atoms with E-state index in [0.29, 0.717) is 0 Å². The van der Waals surface area contributed by atoms with Gasteiger partial charge in [-0.3, -0.25) is 0 Å². The van der Waals surface area contributed by atoms with Crippen molar-refractivity contribution in [1.29, 1.82) is 0 Å². The fourth-order valence-corrected chi connectivity index (χ4v) is 21.9. The molecule has 2 heterocycles. The van der Waals surface area contributed by atoms with Gasteiger partial charge in [0.05, 0.1) is 33.4 Å². The zero-order chi connectivity index (χ0) is 64.2. The second-order valence-corrected chi connectivity index (χ2v) is 30.9. The molecule has 0 amide bonds. The van der Waals surface area contributed by atoms with Crippen molar-refractivity contribution in [3.05, 3.63) is 302 Å². The minimum Gasteiger partial charge on any atom is -0.309 e. The Hall–Kier alpha value is -10.4. The monoisotopic (exact) mass is 1260 g/mol. The molecule has 8 bridgehead atoms. The molecule has 0 unspecified atom stereocenters. The number of hydrogen-bond donors (Lipinski definition) is 0. The van der Waals surface area contributed by atoms with Gasteiger partial charge in [-0.1, -0.05) is 194 Å². The van der Waals surface area contributed by atoms with E-state index in [-0.39, 0.29) is 10.8 Å². The Morgan fingerprint density at radius 2 is 0.541 bits per heavy atom. The van der Waals surface area contributed by atoms with Crippen LogP contribution in [-0.2, 0) is 10.8 Å². The summed E-state index contributed by atoms with van der Waals surface area (Å²) in [5, 5.41) is 10.2. The Bertz CT molecular complexity index is 5130. The van der Waals surface area contributed by atoms with Crippen molar-refractivity contribution in [3.8, 4) is 33.6 Å². The maximum Gasteiger partial charge on any atom is 0.0620 e. The van der Waals surface area contributed by atoms with Crippen molar-refractivity contribution in [2.24, 2.45) is 35.5 Å². The predicted molar refractivity (Wildman–Crippen MR) is 410 cm³/mol. The molecule has 0 saturated heterocycles. The minimum absolute atomic E-state index is 0.139. The largest absolute Gasteiger partial charge is 0.309 e. The summed E-state index contributed by atoms with van der Waals surface area (Å²) < 4.78 is 5.00. The molecule has 23 rings (SSSR count). The summed E-state index contributed by atoms with van der Waals surface area (Å²) in [6.45, 7) is 0. The first kappa shape index (κ1) is 56.7. The lowest BCUT2D eigenvalue weighted by molar-refractivity contribution is -0.00525. The van der Waals surface area contributed by atoms with E-state index in [0.717, 1.165) is 69.6 Å². The molecule has 0 N–H and O–H groups in total. The summed E-state index contributed by atoms with van der Waals surface area (Å²) in [4.78, 5) is 5.38. The van der Waals surface area contributed by atoms with Crippen molar-refractivity contribution in [2.45, 2.75) is 87.9 Å². The highest BCUT2D eigenvalue weighted by molar-refractivity contribution is 6.24. The van der Waals surface area contributed by atoms with Gasteiger partial charge in [0, 0.05) is 77.2 Å². The molecule has 0 aliphatic heterocycles. The van der Waals surface area contributed by atoms with Crippen molar-refractivity contribution >= 4 is 99.3 Å². The third-order valence-corrected chi connectivity index (χ3v) is 25.1. The van der Waals surface area contributed by atoms with Crippen LogP contribution in [0.15, 0.2) is 291 Å². The lowest BCUT2D eigenvalue weighted by Gasteiger charge is -2.57. The van der Waals surface area contributed by atoms with E-state index in [1.54, 1.807) is 0 Å². The van der Waals surface area contributed by atoms with Gasteiger partial charge in [0.1, 0.15) is 0 Å². The fourth-order valence-electron chi connectivity index (χ4n) is 21.9. The van der Waals surface area contributed by atoms with E-state index >= 15 is 0 Å². The molecule has 98 heavy (non-hydrogen) atoms. The number of aromatic nitrogens is 2. The molecule has 8 saturated carbocycles. The summed E-state index contributed by atoms with van der Waals surface area (Å²) in [6, 6.07) is 112. The Morgan fingerprint density at radius 1 is 0.235 bits per heavy atom. The minimum atomic E-state index is 0.139. The highest BCUT2D eigenvalue weighted by atomic mass is 15.2.